The Morgan fingerprint density at radius 1 is 0.750 bits per heavy atom. The smallest absolute Gasteiger partial charge is 2.00 e. The summed E-state index contributed by atoms with van der Waals surface area (Å²) in [6, 6.07) is 0. The molecule has 0 rings (SSSR count). The van der Waals surface area contributed by atoms with Crippen molar-refractivity contribution in [2.45, 2.75) is 0 Å². The van der Waals surface area contributed by atoms with Gasteiger partial charge in [-0.3, -0.25) is 0 Å². The molecule has 4 heavy (non-hydrogen) atoms. The second-order valence-electron chi connectivity index (χ2n) is 0. The van der Waals surface area contributed by atoms with Crippen LogP contribution in [0.1, 0.15) is 0 Å². The Morgan fingerprint density at radius 3 is 0.750 bits per heavy atom. The van der Waals surface area contributed by atoms with E-state index in [4.69, 9.17) is 0 Å². The average Bonchev–Trinajstić information content (AvgIpc) is 0. The molecule has 0 heterocycles. The SMILES string of the molecule is [Ba+2].[O-2].[O-2].[Ti+4]. The summed E-state index contributed by atoms with van der Waals surface area (Å²) < 4.78 is 0. The molecule has 0 aromatic rings. The Hall–Kier alpha value is 2.21. The zero-order valence-electron chi connectivity index (χ0n) is 2.02. The van der Waals surface area contributed by atoms with Crippen LogP contribution >= 0.6 is 0 Å². The van der Waals surface area contributed by atoms with Crippen LogP contribution in [0.25, 0.3) is 0 Å². The molecule has 0 N–H and O–H groups in total. The summed E-state index contributed by atoms with van der Waals surface area (Å²) in [4.78, 5) is 0. The van der Waals surface area contributed by atoms with Crippen LogP contribution in [-0.4, -0.2) is 48.9 Å². The van der Waals surface area contributed by atoms with Gasteiger partial charge in [-0.1, -0.05) is 0 Å². The van der Waals surface area contributed by atoms with E-state index in [2.05, 4.69) is 0 Å². The third-order valence-electron chi connectivity index (χ3n) is 0. The summed E-state index contributed by atoms with van der Waals surface area (Å²) in [5.41, 5.74) is 0. The maximum Gasteiger partial charge on any atom is 4.00 e. The molecule has 0 unspecified atom stereocenters. The average molecular weight is 217 g/mol. The molecule has 0 aliphatic carbocycles. The van der Waals surface area contributed by atoms with Crippen molar-refractivity contribution in [3.8, 4) is 0 Å². The third-order valence-corrected chi connectivity index (χ3v) is 0. The van der Waals surface area contributed by atoms with Crippen LogP contribution in [0.4, 0.5) is 0 Å². The molecule has 0 aromatic heterocycles. The summed E-state index contributed by atoms with van der Waals surface area (Å²) in [6.07, 6.45) is 0. The fourth-order valence-electron chi connectivity index (χ4n) is 0. The molecule has 0 amide bonds. The quantitative estimate of drug-likeness (QED) is 0.486. The minimum Gasteiger partial charge on any atom is -2.00 e. The first-order valence-corrected chi connectivity index (χ1v) is 0. The van der Waals surface area contributed by atoms with E-state index in [0.717, 1.165) is 0 Å². The van der Waals surface area contributed by atoms with Gasteiger partial charge in [0.15, 0.2) is 0 Å². The molecule has 0 aliphatic rings. The van der Waals surface area contributed by atoms with Crippen LogP contribution in [0.2, 0.25) is 0 Å². The molecular weight excluding hydrogens is 217 g/mol. The van der Waals surface area contributed by atoms with Gasteiger partial charge < -0.3 is 11.0 Å². The van der Waals surface area contributed by atoms with Crippen molar-refractivity contribution in [3.63, 3.8) is 0 Å². The van der Waals surface area contributed by atoms with Crippen LogP contribution in [0, 0.1) is 0 Å². The van der Waals surface area contributed by atoms with Crippen LogP contribution in [-0.2, 0) is 32.7 Å². The number of rotatable bonds is 0. The van der Waals surface area contributed by atoms with Crippen LogP contribution in [0.3, 0.4) is 0 Å². The van der Waals surface area contributed by atoms with Gasteiger partial charge in [0.2, 0.25) is 0 Å². The van der Waals surface area contributed by atoms with Gasteiger partial charge in [0.25, 0.3) is 0 Å². The first kappa shape index (κ1) is 34.6. The second-order valence-corrected chi connectivity index (χ2v) is 0. The molecule has 0 saturated heterocycles. The molecule has 0 radical (unpaired) electrons. The molecule has 0 saturated carbocycles. The zero-order chi connectivity index (χ0) is 0. The summed E-state index contributed by atoms with van der Waals surface area (Å²) in [7, 11) is 0. The fraction of sp³-hybridized carbons (Fsp3) is 0. The van der Waals surface area contributed by atoms with Crippen molar-refractivity contribution < 1.29 is 32.7 Å². The number of hydrogen-bond acceptors (Lipinski definition) is 0. The third kappa shape index (κ3) is 8.88. The summed E-state index contributed by atoms with van der Waals surface area (Å²) >= 11 is 0. The molecule has 0 atom stereocenters. The van der Waals surface area contributed by atoms with Crippen molar-refractivity contribution in [2.75, 3.05) is 0 Å². The van der Waals surface area contributed by atoms with E-state index >= 15 is 0 Å². The van der Waals surface area contributed by atoms with Crippen molar-refractivity contribution in [3.05, 3.63) is 0 Å². The molecule has 0 spiro atoms. The molecule has 16 valence electrons. The fourth-order valence-corrected chi connectivity index (χ4v) is 0. The molecular formula is BaO2Ti+2. The van der Waals surface area contributed by atoms with Crippen LogP contribution < -0.4 is 0 Å². The number of hydrogen-bond donors (Lipinski definition) is 0. The van der Waals surface area contributed by atoms with Gasteiger partial charge in [-0.2, -0.15) is 0 Å². The largest absolute Gasteiger partial charge is 4.00 e. The standard InChI is InChI=1S/Ba.2O.Ti/q+2;2*-2;+4. The Balaban J connectivity index is 0. The molecule has 0 fully saturated rings. The van der Waals surface area contributed by atoms with Crippen molar-refractivity contribution in [2.24, 2.45) is 0 Å². The molecule has 0 bridgehead atoms. The normalized spacial score (nSPS) is 0. The topological polar surface area (TPSA) is 57.0 Å². The van der Waals surface area contributed by atoms with Crippen LogP contribution in [0.15, 0.2) is 0 Å². The summed E-state index contributed by atoms with van der Waals surface area (Å²) in [5, 5.41) is 0. The van der Waals surface area contributed by atoms with Gasteiger partial charge in [0, 0.05) is 0 Å². The minimum absolute atomic E-state index is 0. The van der Waals surface area contributed by atoms with Crippen molar-refractivity contribution in [1.82, 2.24) is 0 Å². The van der Waals surface area contributed by atoms with E-state index < -0.39 is 0 Å². The van der Waals surface area contributed by atoms with E-state index in [9.17, 15) is 0 Å². The van der Waals surface area contributed by atoms with E-state index in [1.807, 2.05) is 0 Å². The molecule has 4 heteroatoms. The predicted octanol–water partition coefficient (Wildman–Crippen LogP) is -0.621. The predicted molar refractivity (Wildman–Crippen MR) is 7.13 cm³/mol. The maximum absolute atomic E-state index is 0. The molecule has 2 nitrogen and oxygen atoms in total. The molecule has 0 aromatic carbocycles. The first-order valence-electron chi connectivity index (χ1n) is 0. The Kier molecular flexibility index (Phi) is 164. The van der Waals surface area contributed by atoms with Gasteiger partial charge in [-0.25, -0.2) is 0 Å². The summed E-state index contributed by atoms with van der Waals surface area (Å²) in [5.74, 6) is 0. The van der Waals surface area contributed by atoms with Crippen molar-refractivity contribution >= 4 is 48.9 Å². The second kappa shape index (κ2) is 18.9. The van der Waals surface area contributed by atoms with Gasteiger partial charge >= 0.3 is 70.6 Å². The van der Waals surface area contributed by atoms with E-state index in [-0.39, 0.29) is 81.6 Å². The van der Waals surface area contributed by atoms with Crippen molar-refractivity contribution in [1.29, 1.82) is 0 Å². The monoisotopic (exact) mass is 218 g/mol. The van der Waals surface area contributed by atoms with E-state index in [0.29, 0.717) is 0 Å². The Morgan fingerprint density at radius 2 is 0.750 bits per heavy atom. The minimum atomic E-state index is 0. The Bertz CT molecular complexity index is 6.00. The van der Waals surface area contributed by atoms with Gasteiger partial charge in [0.05, 0.1) is 0 Å². The van der Waals surface area contributed by atoms with Gasteiger partial charge in [-0.05, 0) is 0 Å². The maximum atomic E-state index is 0. The van der Waals surface area contributed by atoms with E-state index in [1.165, 1.54) is 0 Å². The van der Waals surface area contributed by atoms with Crippen LogP contribution in [0.5, 0.6) is 0 Å². The first-order chi connectivity index (χ1) is 0. The molecule has 0 aliphatic heterocycles. The van der Waals surface area contributed by atoms with E-state index in [1.54, 1.807) is 0 Å². The zero-order valence-corrected chi connectivity index (χ0v) is 8.03. The van der Waals surface area contributed by atoms with Gasteiger partial charge in [-0.15, -0.1) is 0 Å². The summed E-state index contributed by atoms with van der Waals surface area (Å²) in [6.45, 7) is 0. The Labute approximate surface area is 79.9 Å². The van der Waals surface area contributed by atoms with Gasteiger partial charge in [0.1, 0.15) is 0 Å².